The Morgan fingerprint density at radius 1 is 1.04 bits per heavy atom. The van der Waals surface area contributed by atoms with E-state index in [0.29, 0.717) is 18.7 Å². The summed E-state index contributed by atoms with van der Waals surface area (Å²) in [4.78, 5) is 42.9. The van der Waals surface area contributed by atoms with E-state index >= 15 is 0 Å². The number of carbonyl (C=O) groups is 3. The second-order valence-corrected chi connectivity index (χ2v) is 12.3. The Labute approximate surface area is 259 Å². The summed E-state index contributed by atoms with van der Waals surface area (Å²) in [6.45, 7) is 4.78. The lowest BCUT2D eigenvalue weighted by atomic mass is 9.59. The number of hydrogen-bond acceptors (Lipinski definition) is 11. The van der Waals surface area contributed by atoms with E-state index in [4.69, 9.17) is 10.5 Å². The van der Waals surface area contributed by atoms with Crippen LogP contribution in [-0.2, 0) is 27.3 Å². The summed E-state index contributed by atoms with van der Waals surface area (Å²) in [5.74, 6) is -5.84. The number of piperazine rings is 1. The number of nitrogens with zero attached hydrogens (tertiary/aromatic N) is 2. The van der Waals surface area contributed by atoms with Gasteiger partial charge in [-0.1, -0.05) is 12.1 Å². The predicted molar refractivity (Wildman–Crippen MR) is 162 cm³/mol. The zero-order valence-electron chi connectivity index (χ0n) is 25.0. The van der Waals surface area contributed by atoms with Crippen LogP contribution >= 0.6 is 0 Å². The summed E-state index contributed by atoms with van der Waals surface area (Å²) in [7, 11) is 1.61. The van der Waals surface area contributed by atoms with Gasteiger partial charge >= 0.3 is 0 Å². The molecule has 2 aromatic rings. The number of ketones is 2. The highest BCUT2D eigenvalue weighted by Gasteiger charge is 2.60. The predicted octanol–water partition coefficient (Wildman–Crippen LogP) is 1.21. The fourth-order valence-corrected chi connectivity index (χ4v) is 7.52. The first kappa shape index (κ1) is 30.8. The Bertz CT molecular complexity index is 1660. The molecule has 7 N–H and O–H groups in total. The van der Waals surface area contributed by atoms with Crippen LogP contribution in [-0.4, -0.2) is 105 Å². The minimum absolute atomic E-state index is 0.0528. The molecular weight excluding hydrogens is 582 g/mol. The first-order valence-corrected chi connectivity index (χ1v) is 15.0. The number of aliphatic hydroxyl groups is 4. The molecule has 1 heterocycles. The van der Waals surface area contributed by atoms with Crippen molar-refractivity contribution in [1.29, 1.82) is 0 Å². The summed E-state index contributed by atoms with van der Waals surface area (Å²) < 4.78 is 5.67. The Morgan fingerprint density at radius 3 is 2.42 bits per heavy atom. The molecule has 0 radical (unpaired) electrons. The van der Waals surface area contributed by atoms with Gasteiger partial charge < -0.3 is 36.0 Å². The number of amides is 1. The normalized spacial score (nSPS) is 25.6. The third kappa shape index (κ3) is 4.98. The molecule has 2 aromatic carbocycles. The molecule has 12 heteroatoms. The quantitative estimate of drug-likeness (QED) is 0.244. The Morgan fingerprint density at radius 2 is 1.76 bits per heavy atom. The number of rotatable bonds is 7. The topological polar surface area (TPSA) is 194 Å². The molecule has 6 rings (SSSR count). The van der Waals surface area contributed by atoms with E-state index in [1.54, 1.807) is 13.2 Å². The maximum absolute atomic E-state index is 13.8. The number of β-amino-alcohol motifs (C(OH)–C–C–N with tert-alkyl or cyclic N) is 1. The molecule has 12 nitrogen and oxygen atoms in total. The van der Waals surface area contributed by atoms with E-state index < -0.39 is 52.0 Å². The van der Waals surface area contributed by atoms with Crippen molar-refractivity contribution in [2.24, 2.45) is 17.6 Å². The highest BCUT2D eigenvalue weighted by molar-refractivity contribution is 6.22. The third-order valence-corrected chi connectivity index (χ3v) is 9.81. The average Bonchev–Trinajstić information content (AvgIpc) is 3.00. The van der Waals surface area contributed by atoms with Crippen molar-refractivity contribution in [2.75, 3.05) is 46.4 Å². The minimum Gasteiger partial charge on any atom is -0.508 e. The molecule has 1 amide bonds. The van der Waals surface area contributed by atoms with Crippen molar-refractivity contribution in [3.63, 3.8) is 0 Å². The summed E-state index contributed by atoms with van der Waals surface area (Å²) in [6.07, 6.45) is -0.0919. The number of fused-ring (bicyclic) bond motifs is 3. The monoisotopic (exact) mass is 619 g/mol. The molecule has 3 aliphatic carbocycles. The summed E-state index contributed by atoms with van der Waals surface area (Å²) in [5, 5.41) is 53.9. The molecule has 0 spiro atoms. The van der Waals surface area contributed by atoms with E-state index in [-0.39, 0.29) is 42.8 Å². The van der Waals surface area contributed by atoms with Gasteiger partial charge in [0.25, 0.3) is 5.91 Å². The molecule has 2 fully saturated rings. The van der Waals surface area contributed by atoms with Gasteiger partial charge in [0, 0.05) is 62.7 Å². The number of primary amides is 1. The van der Waals surface area contributed by atoms with Gasteiger partial charge in [-0.05, 0) is 53.6 Å². The van der Waals surface area contributed by atoms with Crippen molar-refractivity contribution in [3.8, 4) is 22.6 Å². The second kappa shape index (κ2) is 11.6. The van der Waals surface area contributed by atoms with E-state index in [1.165, 1.54) is 6.07 Å². The van der Waals surface area contributed by atoms with Crippen LogP contribution in [0, 0.1) is 11.8 Å². The Kier molecular flexibility index (Phi) is 7.94. The number of nitrogens with two attached hydrogens (primary N) is 1. The van der Waals surface area contributed by atoms with Crippen molar-refractivity contribution < 1.29 is 44.7 Å². The summed E-state index contributed by atoms with van der Waals surface area (Å²) in [6, 6.07) is 8.97. The van der Waals surface area contributed by atoms with Crippen molar-refractivity contribution in [1.82, 2.24) is 9.80 Å². The van der Waals surface area contributed by atoms with Gasteiger partial charge in [0.1, 0.15) is 28.6 Å². The molecule has 45 heavy (non-hydrogen) atoms. The highest BCUT2D eigenvalue weighted by atomic mass is 16.5. The number of ether oxygens (including phenoxy) is 1. The van der Waals surface area contributed by atoms with Crippen LogP contribution in [0.25, 0.3) is 16.9 Å². The number of aromatic hydroxyl groups is 1. The summed E-state index contributed by atoms with van der Waals surface area (Å²) in [5.41, 5.74) is 4.84. The number of Topliss-reactive ketones (excluding diaryl/α,β-unsaturated/α-hetero) is 2. The zero-order valence-corrected chi connectivity index (χ0v) is 25.0. The van der Waals surface area contributed by atoms with Crippen molar-refractivity contribution >= 4 is 23.2 Å². The molecule has 238 valence electrons. The fourth-order valence-electron chi connectivity index (χ4n) is 7.52. The zero-order chi connectivity index (χ0) is 32.2. The van der Waals surface area contributed by atoms with E-state index in [1.807, 2.05) is 18.2 Å². The van der Waals surface area contributed by atoms with Crippen LogP contribution in [0.15, 0.2) is 47.2 Å². The molecule has 0 bridgehead atoms. The molecule has 0 aromatic heterocycles. The molecule has 3 unspecified atom stereocenters. The smallest absolute Gasteiger partial charge is 0.255 e. The molecule has 1 saturated carbocycles. The minimum atomic E-state index is -2.60. The van der Waals surface area contributed by atoms with Gasteiger partial charge in [-0.25, -0.2) is 0 Å². The maximum atomic E-state index is 13.8. The van der Waals surface area contributed by atoms with E-state index in [2.05, 4.69) is 9.80 Å². The maximum Gasteiger partial charge on any atom is 0.255 e. The number of benzene rings is 2. The number of hydrogen-bond donors (Lipinski definition) is 6. The standard InChI is InChI=1S/C33H37N3O9/c1-45-25-5-2-17(12-19(25)16-36-8-6-35(7-9-36)10-11-37)21-3-4-23(38)27-22(21)14-18-13-20-15-24(39)28(32(34)43)31(42)33(20,44)30(41)26(18)29(27)40/h2-5,12,18,20,37-38,40,42,44H,6-11,13-16H2,1H3,(H2,34,43). The molecule has 1 saturated heterocycles. The average molecular weight is 620 g/mol. The second-order valence-electron chi connectivity index (χ2n) is 12.3. The molecular formula is C33H37N3O9. The van der Waals surface area contributed by atoms with Gasteiger partial charge in [0.15, 0.2) is 11.4 Å². The largest absolute Gasteiger partial charge is 0.508 e. The van der Waals surface area contributed by atoms with E-state index in [9.17, 15) is 39.9 Å². The Hall–Kier alpha value is -4.23. The lowest BCUT2D eigenvalue weighted by Crippen LogP contribution is -2.58. The summed E-state index contributed by atoms with van der Waals surface area (Å²) >= 11 is 0. The van der Waals surface area contributed by atoms with Gasteiger partial charge in [0.2, 0.25) is 5.78 Å². The third-order valence-electron chi connectivity index (χ3n) is 9.81. The number of phenolic OH excluding ortho intramolecular Hbond substituents is 1. The number of phenols is 1. The first-order chi connectivity index (χ1) is 21.5. The highest BCUT2D eigenvalue weighted by Crippen LogP contribution is 2.53. The van der Waals surface area contributed by atoms with E-state index in [0.717, 1.165) is 48.6 Å². The first-order valence-electron chi connectivity index (χ1n) is 15.0. The molecule has 4 aliphatic rings. The fraction of sp³-hybridized carbons (Fsp3) is 0.424. The lowest BCUT2D eigenvalue weighted by Gasteiger charge is -2.46. The van der Waals surface area contributed by atoms with Crippen LogP contribution < -0.4 is 10.5 Å². The van der Waals surface area contributed by atoms with Gasteiger partial charge in [-0.2, -0.15) is 0 Å². The number of carbonyl (C=O) groups excluding carboxylic acids is 3. The van der Waals surface area contributed by atoms with Crippen LogP contribution in [0.4, 0.5) is 0 Å². The van der Waals surface area contributed by atoms with Crippen LogP contribution in [0.5, 0.6) is 11.5 Å². The molecule has 1 aliphatic heterocycles. The van der Waals surface area contributed by atoms with Crippen LogP contribution in [0.2, 0.25) is 0 Å². The molecule has 3 atom stereocenters. The van der Waals surface area contributed by atoms with Crippen molar-refractivity contribution in [2.45, 2.75) is 31.4 Å². The number of methoxy groups -OCH3 is 1. The SMILES string of the molecule is COc1ccc(-c2ccc(O)c3c2CC2CC4CC(=O)C(C(N)=O)=C(O)C4(O)C(=O)C2=C3O)cc1CN1CCN(CCO)CC1. The lowest BCUT2D eigenvalue weighted by molar-refractivity contribution is -0.147. The van der Waals surface area contributed by atoms with Gasteiger partial charge in [0.05, 0.1) is 19.3 Å². The van der Waals surface area contributed by atoms with Gasteiger partial charge in [-0.15, -0.1) is 0 Å². The van der Waals surface area contributed by atoms with Crippen molar-refractivity contribution in [3.05, 3.63) is 63.9 Å². The number of aliphatic hydroxyl groups excluding tert-OH is 3. The van der Waals surface area contributed by atoms with Gasteiger partial charge in [-0.3, -0.25) is 24.2 Å². The van der Waals surface area contributed by atoms with Crippen LogP contribution in [0.3, 0.4) is 0 Å². The van der Waals surface area contributed by atoms with Crippen LogP contribution in [0.1, 0.15) is 29.5 Å². The Balaban J connectivity index is 1.38.